The van der Waals surface area contributed by atoms with Gasteiger partial charge in [0.05, 0.1) is 5.56 Å². The smallest absolute Gasteiger partial charge is 0.350 e. The summed E-state index contributed by atoms with van der Waals surface area (Å²) >= 11 is 0. The second-order valence-electron chi connectivity index (χ2n) is 7.52. The van der Waals surface area contributed by atoms with Crippen LogP contribution >= 0.6 is 0 Å². The van der Waals surface area contributed by atoms with Crippen molar-refractivity contribution in [3.8, 4) is 0 Å². The average Bonchev–Trinajstić information content (AvgIpc) is 2.87. The number of benzene rings is 1. The molecule has 2 fully saturated rings. The van der Waals surface area contributed by atoms with Gasteiger partial charge in [-0.1, -0.05) is 25.8 Å². The van der Waals surface area contributed by atoms with Crippen molar-refractivity contribution in [3.63, 3.8) is 0 Å². The van der Waals surface area contributed by atoms with Gasteiger partial charge in [-0.05, 0) is 36.5 Å². The van der Waals surface area contributed by atoms with Gasteiger partial charge in [-0.15, -0.1) is 0 Å². The number of amides is 4. The third kappa shape index (κ3) is 4.06. The second-order valence-corrected chi connectivity index (χ2v) is 7.52. The average molecular weight is 415 g/mol. The molecule has 2 unspecified atom stereocenters. The van der Waals surface area contributed by atoms with Gasteiger partial charge in [-0.25, -0.2) is 9.18 Å². The highest BCUT2D eigenvalue weighted by Gasteiger charge is 2.55. The first-order valence-electron chi connectivity index (χ1n) is 9.31. The minimum absolute atomic E-state index is 0.0747. The van der Waals surface area contributed by atoms with E-state index in [4.69, 9.17) is 0 Å². The van der Waals surface area contributed by atoms with Crippen molar-refractivity contribution in [2.75, 3.05) is 6.54 Å². The van der Waals surface area contributed by atoms with Crippen LogP contribution in [0.3, 0.4) is 0 Å². The Kier molecular flexibility index (Phi) is 5.55. The standard InChI is InChI=1S/C19H21F4N3O3/c1-11-4-2-3-7-18(11)16(28)26(17(29)25-18)10-15(27)24-9-12-5-6-13(20)8-14(12)19(21,22)23/h5-6,8,11H,2-4,7,9-10H2,1H3,(H,24,27)(H,25,29). The van der Waals surface area contributed by atoms with Crippen LogP contribution in [0.15, 0.2) is 18.2 Å². The van der Waals surface area contributed by atoms with Crippen LogP contribution in [0.4, 0.5) is 22.4 Å². The molecule has 29 heavy (non-hydrogen) atoms. The van der Waals surface area contributed by atoms with Crippen LogP contribution in [0.5, 0.6) is 0 Å². The minimum atomic E-state index is -4.78. The van der Waals surface area contributed by atoms with E-state index in [1.807, 2.05) is 6.92 Å². The van der Waals surface area contributed by atoms with Crippen molar-refractivity contribution in [2.24, 2.45) is 5.92 Å². The van der Waals surface area contributed by atoms with Crippen LogP contribution in [0.25, 0.3) is 0 Å². The van der Waals surface area contributed by atoms with E-state index in [1.165, 1.54) is 0 Å². The molecule has 1 aliphatic carbocycles. The molecule has 10 heteroatoms. The molecule has 1 aromatic carbocycles. The SMILES string of the molecule is CC1CCCCC12NC(=O)N(CC(=O)NCc1ccc(F)cc1C(F)(F)F)C2=O. The van der Waals surface area contributed by atoms with Crippen molar-refractivity contribution in [1.29, 1.82) is 0 Å². The molecular formula is C19H21F4N3O3. The van der Waals surface area contributed by atoms with E-state index in [2.05, 4.69) is 10.6 Å². The largest absolute Gasteiger partial charge is 0.416 e. The molecule has 158 valence electrons. The van der Waals surface area contributed by atoms with Gasteiger partial charge in [0.2, 0.25) is 5.91 Å². The molecule has 0 aromatic heterocycles. The molecule has 2 N–H and O–H groups in total. The van der Waals surface area contributed by atoms with Gasteiger partial charge in [-0.3, -0.25) is 14.5 Å². The lowest BCUT2D eigenvalue weighted by Crippen LogP contribution is -2.54. The number of halogens is 4. The van der Waals surface area contributed by atoms with Crippen LogP contribution in [-0.2, 0) is 22.3 Å². The molecular weight excluding hydrogens is 394 g/mol. The Labute approximate surface area is 164 Å². The first-order valence-corrected chi connectivity index (χ1v) is 9.31. The molecule has 2 atom stereocenters. The molecule has 4 amide bonds. The van der Waals surface area contributed by atoms with Gasteiger partial charge < -0.3 is 10.6 Å². The number of hydrogen-bond donors (Lipinski definition) is 2. The zero-order valence-corrected chi connectivity index (χ0v) is 15.7. The van der Waals surface area contributed by atoms with Gasteiger partial charge in [0.15, 0.2) is 0 Å². The molecule has 6 nitrogen and oxygen atoms in total. The lowest BCUT2D eigenvalue weighted by molar-refractivity contribution is -0.138. The molecule has 1 spiro atoms. The molecule has 3 rings (SSSR count). The third-order valence-electron chi connectivity index (χ3n) is 5.66. The van der Waals surface area contributed by atoms with Crippen LogP contribution in [-0.4, -0.2) is 34.8 Å². The van der Waals surface area contributed by atoms with Crippen LogP contribution in [0.2, 0.25) is 0 Å². The number of nitrogens with one attached hydrogen (secondary N) is 2. The fourth-order valence-electron chi connectivity index (χ4n) is 4.00. The van der Waals surface area contributed by atoms with Crippen molar-refractivity contribution in [2.45, 2.75) is 50.9 Å². The van der Waals surface area contributed by atoms with E-state index in [9.17, 15) is 31.9 Å². The number of carbonyl (C=O) groups excluding carboxylic acids is 3. The predicted molar refractivity (Wildman–Crippen MR) is 93.9 cm³/mol. The number of hydrogen-bond acceptors (Lipinski definition) is 3. The van der Waals surface area contributed by atoms with Gasteiger partial charge in [0.1, 0.15) is 17.9 Å². The summed E-state index contributed by atoms with van der Waals surface area (Å²) in [6, 6.07) is 1.47. The van der Waals surface area contributed by atoms with Crippen LogP contribution in [0, 0.1) is 11.7 Å². The first-order chi connectivity index (χ1) is 13.5. The Balaban J connectivity index is 1.66. The Morgan fingerprint density at radius 3 is 2.69 bits per heavy atom. The highest BCUT2D eigenvalue weighted by Crippen LogP contribution is 2.38. The molecule has 0 radical (unpaired) electrons. The number of urea groups is 1. The summed E-state index contributed by atoms with van der Waals surface area (Å²) in [5.74, 6) is -2.39. The fraction of sp³-hybridized carbons (Fsp3) is 0.526. The predicted octanol–water partition coefficient (Wildman–Crippen LogP) is 2.96. The highest BCUT2D eigenvalue weighted by atomic mass is 19.4. The second kappa shape index (κ2) is 7.64. The number of rotatable bonds is 4. The lowest BCUT2D eigenvalue weighted by Gasteiger charge is -2.36. The van der Waals surface area contributed by atoms with Crippen LogP contribution in [0.1, 0.15) is 43.7 Å². The Hall–Kier alpha value is -2.65. The highest BCUT2D eigenvalue weighted by molar-refractivity contribution is 6.09. The monoisotopic (exact) mass is 415 g/mol. The molecule has 1 aromatic rings. The Morgan fingerprint density at radius 2 is 2.03 bits per heavy atom. The summed E-state index contributed by atoms with van der Waals surface area (Å²) in [6.07, 6.45) is -1.79. The molecule has 0 bridgehead atoms. The topological polar surface area (TPSA) is 78.5 Å². The van der Waals surface area contributed by atoms with Gasteiger partial charge in [0.25, 0.3) is 5.91 Å². The maximum Gasteiger partial charge on any atom is 0.416 e. The summed E-state index contributed by atoms with van der Waals surface area (Å²) < 4.78 is 52.3. The quantitative estimate of drug-likeness (QED) is 0.586. The fourth-order valence-corrected chi connectivity index (χ4v) is 4.00. The van der Waals surface area contributed by atoms with E-state index in [-0.39, 0.29) is 11.5 Å². The Bertz CT molecular complexity index is 842. The van der Waals surface area contributed by atoms with Gasteiger partial charge >= 0.3 is 12.2 Å². The molecule has 2 aliphatic rings. The summed E-state index contributed by atoms with van der Waals surface area (Å²) in [5.41, 5.74) is -2.53. The number of nitrogens with zero attached hydrogens (tertiary/aromatic N) is 1. The summed E-state index contributed by atoms with van der Waals surface area (Å²) in [6.45, 7) is 0.759. The van der Waals surface area contributed by atoms with E-state index in [0.717, 1.165) is 36.3 Å². The molecule has 1 saturated heterocycles. The minimum Gasteiger partial charge on any atom is -0.350 e. The van der Waals surface area contributed by atoms with E-state index in [0.29, 0.717) is 12.5 Å². The van der Waals surface area contributed by atoms with Crippen molar-refractivity contribution < 1.29 is 31.9 Å². The van der Waals surface area contributed by atoms with E-state index < -0.39 is 54.0 Å². The summed E-state index contributed by atoms with van der Waals surface area (Å²) in [4.78, 5) is 38.1. The Morgan fingerprint density at radius 1 is 1.31 bits per heavy atom. The van der Waals surface area contributed by atoms with Gasteiger partial charge in [0, 0.05) is 6.54 Å². The summed E-state index contributed by atoms with van der Waals surface area (Å²) in [5, 5.41) is 4.97. The number of imide groups is 1. The van der Waals surface area contributed by atoms with E-state index >= 15 is 0 Å². The maximum atomic E-state index is 13.2. The number of alkyl halides is 3. The zero-order valence-electron chi connectivity index (χ0n) is 15.7. The first kappa shape index (κ1) is 21.1. The van der Waals surface area contributed by atoms with Gasteiger partial charge in [-0.2, -0.15) is 13.2 Å². The summed E-state index contributed by atoms with van der Waals surface area (Å²) in [7, 11) is 0. The molecule has 1 aliphatic heterocycles. The van der Waals surface area contributed by atoms with Crippen molar-refractivity contribution in [3.05, 3.63) is 35.1 Å². The lowest BCUT2D eigenvalue weighted by atomic mass is 9.73. The van der Waals surface area contributed by atoms with Crippen LogP contribution < -0.4 is 10.6 Å². The third-order valence-corrected chi connectivity index (χ3v) is 5.66. The van der Waals surface area contributed by atoms with Crippen molar-refractivity contribution in [1.82, 2.24) is 15.5 Å². The maximum absolute atomic E-state index is 13.2. The van der Waals surface area contributed by atoms with Crippen molar-refractivity contribution >= 4 is 17.8 Å². The van der Waals surface area contributed by atoms with E-state index in [1.54, 1.807) is 0 Å². The zero-order chi connectivity index (χ0) is 21.4. The normalized spacial score (nSPS) is 24.7. The molecule has 1 heterocycles. The number of carbonyl (C=O) groups is 3. The molecule has 1 saturated carbocycles.